The Bertz CT molecular complexity index is 1300. The van der Waals surface area contributed by atoms with Crippen LogP contribution in [0.1, 0.15) is 25.8 Å². The van der Waals surface area contributed by atoms with Gasteiger partial charge in [0.1, 0.15) is 5.25 Å². The first kappa shape index (κ1) is 30.2. The highest BCUT2D eigenvalue weighted by molar-refractivity contribution is 7.85. The van der Waals surface area contributed by atoms with Crippen LogP contribution in [0.3, 0.4) is 0 Å². The molecule has 11 heteroatoms. The van der Waals surface area contributed by atoms with E-state index in [9.17, 15) is 22.6 Å². The number of carbonyl (C=O) groups is 1. The van der Waals surface area contributed by atoms with Crippen molar-refractivity contribution in [2.45, 2.75) is 38.6 Å². The van der Waals surface area contributed by atoms with Gasteiger partial charge >= 0.3 is 0 Å². The highest BCUT2D eigenvalue weighted by Gasteiger charge is 2.22. The van der Waals surface area contributed by atoms with E-state index >= 15 is 0 Å². The second-order valence-corrected chi connectivity index (χ2v) is 9.50. The smallest absolute Gasteiger partial charge is 0.259 e. The standard InChI is InChI=1S/C24H27F2N3O5S.C2H6/c1-34-12-9-27-14-17-4-5-18(22(26)21(17)25)15-3-6-19-16(13-15)7-10-29(24(19)31)11-8-20(35(2)33)23(30)28-32;1-2/h3-7,10,13,20,27,32H,8-9,11-12,14H2,1-2H3,(H,28,30);1-2H3. The summed E-state index contributed by atoms with van der Waals surface area (Å²) >= 11 is 0. The number of nitrogens with zero attached hydrogens (tertiary/aromatic N) is 1. The number of aromatic nitrogens is 1. The SMILES string of the molecule is CC.COCCNCc1ccc(-c2ccc3c(=O)n(CCC(C(=O)NO)S(C)=O)ccc3c2)c(F)c1F. The predicted octanol–water partition coefficient (Wildman–Crippen LogP) is 3.35. The van der Waals surface area contributed by atoms with E-state index in [0.717, 1.165) is 0 Å². The molecule has 2 unspecified atom stereocenters. The van der Waals surface area contributed by atoms with Crippen molar-refractivity contribution in [3.63, 3.8) is 0 Å². The third-order valence-electron chi connectivity index (χ3n) is 5.68. The zero-order valence-electron chi connectivity index (χ0n) is 21.3. The van der Waals surface area contributed by atoms with E-state index in [0.29, 0.717) is 29.5 Å². The van der Waals surface area contributed by atoms with E-state index in [1.54, 1.807) is 25.3 Å². The largest absolute Gasteiger partial charge is 0.383 e. The van der Waals surface area contributed by atoms with Crippen molar-refractivity contribution < 1.29 is 27.7 Å². The summed E-state index contributed by atoms with van der Waals surface area (Å²) in [6, 6.07) is 9.38. The second kappa shape index (κ2) is 14.7. The number of hydroxylamine groups is 1. The number of fused-ring (bicyclic) bond motifs is 1. The maximum atomic E-state index is 14.8. The van der Waals surface area contributed by atoms with Gasteiger partial charge in [-0.15, -0.1) is 0 Å². The average Bonchev–Trinajstić information content (AvgIpc) is 2.90. The monoisotopic (exact) mass is 537 g/mol. The number of amides is 1. The van der Waals surface area contributed by atoms with Crippen LogP contribution in [0.25, 0.3) is 21.9 Å². The highest BCUT2D eigenvalue weighted by atomic mass is 32.2. The summed E-state index contributed by atoms with van der Waals surface area (Å²) in [5.74, 6) is -2.68. The molecule has 0 bridgehead atoms. The number of ether oxygens (including phenoxy) is 1. The lowest BCUT2D eigenvalue weighted by Gasteiger charge is -2.14. The predicted molar refractivity (Wildman–Crippen MR) is 141 cm³/mol. The number of hydrogen-bond acceptors (Lipinski definition) is 6. The van der Waals surface area contributed by atoms with Crippen molar-refractivity contribution >= 4 is 27.5 Å². The maximum absolute atomic E-state index is 14.8. The highest BCUT2D eigenvalue weighted by Crippen LogP contribution is 2.28. The third kappa shape index (κ3) is 7.51. The van der Waals surface area contributed by atoms with Crippen molar-refractivity contribution in [2.75, 3.05) is 26.5 Å². The fourth-order valence-electron chi connectivity index (χ4n) is 3.75. The molecule has 0 saturated heterocycles. The topological polar surface area (TPSA) is 110 Å². The average molecular weight is 538 g/mol. The van der Waals surface area contributed by atoms with Crippen LogP contribution in [0.4, 0.5) is 8.78 Å². The molecule has 0 aliphatic heterocycles. The lowest BCUT2D eigenvalue weighted by molar-refractivity contribution is -0.128. The van der Waals surface area contributed by atoms with Crippen molar-refractivity contribution in [1.29, 1.82) is 0 Å². The van der Waals surface area contributed by atoms with Gasteiger partial charge in [-0.1, -0.05) is 32.0 Å². The third-order valence-corrected chi connectivity index (χ3v) is 6.94. The molecule has 0 aliphatic carbocycles. The van der Waals surface area contributed by atoms with Gasteiger partial charge in [0.25, 0.3) is 11.5 Å². The Morgan fingerprint density at radius 3 is 2.54 bits per heavy atom. The van der Waals surface area contributed by atoms with Gasteiger partial charge in [0.15, 0.2) is 11.6 Å². The molecular formula is C26H33F2N3O5S. The van der Waals surface area contributed by atoms with Gasteiger partial charge in [-0.25, -0.2) is 14.3 Å². The molecule has 0 radical (unpaired) electrons. The van der Waals surface area contributed by atoms with Gasteiger partial charge in [-0.3, -0.25) is 19.0 Å². The van der Waals surface area contributed by atoms with Gasteiger partial charge < -0.3 is 14.6 Å². The van der Waals surface area contributed by atoms with Crippen LogP contribution in [-0.4, -0.2) is 51.7 Å². The van der Waals surface area contributed by atoms with Crippen LogP contribution in [0.15, 0.2) is 47.4 Å². The summed E-state index contributed by atoms with van der Waals surface area (Å²) in [6.45, 7) is 5.23. The van der Waals surface area contributed by atoms with Crippen LogP contribution in [0, 0.1) is 11.6 Å². The van der Waals surface area contributed by atoms with Crippen LogP contribution in [-0.2, 0) is 33.4 Å². The molecule has 202 valence electrons. The Balaban J connectivity index is 0.00000235. The van der Waals surface area contributed by atoms with Gasteiger partial charge in [-0.05, 0) is 35.6 Å². The van der Waals surface area contributed by atoms with Crippen LogP contribution < -0.4 is 16.4 Å². The number of nitrogens with one attached hydrogen (secondary N) is 2. The molecular weight excluding hydrogens is 504 g/mol. The Hall–Kier alpha value is -2.99. The summed E-state index contributed by atoms with van der Waals surface area (Å²) in [4.78, 5) is 24.6. The molecule has 2 aromatic carbocycles. The molecule has 0 aliphatic rings. The summed E-state index contributed by atoms with van der Waals surface area (Å²) in [5, 5.41) is 11.7. The van der Waals surface area contributed by atoms with Crippen molar-refractivity contribution in [3.05, 3.63) is 70.1 Å². The van der Waals surface area contributed by atoms with E-state index < -0.39 is 33.6 Å². The number of hydrogen-bond donors (Lipinski definition) is 3. The van der Waals surface area contributed by atoms with Gasteiger partial charge in [0, 0.05) is 66.5 Å². The van der Waals surface area contributed by atoms with Crippen LogP contribution >= 0.6 is 0 Å². The number of carbonyl (C=O) groups excluding carboxylic acids is 1. The minimum atomic E-state index is -1.54. The Morgan fingerprint density at radius 1 is 1.16 bits per heavy atom. The van der Waals surface area contributed by atoms with E-state index in [-0.39, 0.29) is 36.2 Å². The maximum Gasteiger partial charge on any atom is 0.259 e. The fraction of sp³-hybridized carbons (Fsp3) is 0.385. The number of pyridine rings is 1. The number of rotatable bonds is 11. The van der Waals surface area contributed by atoms with E-state index in [1.807, 2.05) is 13.8 Å². The van der Waals surface area contributed by atoms with E-state index in [2.05, 4.69) is 5.32 Å². The molecule has 1 heterocycles. The quantitative estimate of drug-likeness (QED) is 0.197. The molecule has 0 fully saturated rings. The van der Waals surface area contributed by atoms with Gasteiger partial charge in [-0.2, -0.15) is 0 Å². The zero-order chi connectivity index (χ0) is 27.5. The molecule has 2 atom stereocenters. The molecule has 3 aromatic rings. The molecule has 3 rings (SSSR count). The van der Waals surface area contributed by atoms with E-state index in [1.165, 1.54) is 40.7 Å². The number of benzene rings is 2. The lowest BCUT2D eigenvalue weighted by atomic mass is 9.99. The molecule has 8 nitrogen and oxygen atoms in total. The Morgan fingerprint density at radius 2 is 1.89 bits per heavy atom. The normalized spacial score (nSPS) is 12.5. The van der Waals surface area contributed by atoms with Crippen LogP contribution in [0.5, 0.6) is 0 Å². The fourth-order valence-corrected chi connectivity index (χ4v) is 4.55. The molecule has 1 aromatic heterocycles. The number of methoxy groups -OCH3 is 1. The summed E-state index contributed by atoms with van der Waals surface area (Å²) < 4.78 is 47.5. The van der Waals surface area contributed by atoms with Gasteiger partial charge in [0.2, 0.25) is 0 Å². The van der Waals surface area contributed by atoms with Crippen LogP contribution in [0.2, 0.25) is 0 Å². The molecule has 1 amide bonds. The van der Waals surface area contributed by atoms with Crippen molar-refractivity contribution in [1.82, 2.24) is 15.4 Å². The summed E-state index contributed by atoms with van der Waals surface area (Å²) in [7, 11) is 0.0178. The number of aryl methyl sites for hydroxylation is 1. The minimum Gasteiger partial charge on any atom is -0.383 e. The second-order valence-electron chi connectivity index (χ2n) is 7.94. The summed E-state index contributed by atoms with van der Waals surface area (Å²) in [6.07, 6.45) is 2.94. The molecule has 0 saturated carbocycles. The first-order valence-corrected chi connectivity index (χ1v) is 13.5. The molecule has 3 N–H and O–H groups in total. The van der Waals surface area contributed by atoms with E-state index in [4.69, 9.17) is 9.94 Å². The van der Waals surface area contributed by atoms with Gasteiger partial charge in [0.05, 0.1) is 6.61 Å². The molecule has 37 heavy (non-hydrogen) atoms. The lowest BCUT2D eigenvalue weighted by Crippen LogP contribution is -2.36. The first-order chi connectivity index (χ1) is 17.8. The molecule has 0 spiro atoms. The van der Waals surface area contributed by atoms with Crippen molar-refractivity contribution in [3.8, 4) is 11.1 Å². The Labute approximate surface area is 217 Å². The Kier molecular flexibility index (Phi) is 12.0. The van der Waals surface area contributed by atoms with Crippen molar-refractivity contribution in [2.24, 2.45) is 0 Å². The first-order valence-electron chi connectivity index (χ1n) is 11.8. The number of halogens is 2. The summed E-state index contributed by atoms with van der Waals surface area (Å²) in [5.41, 5.74) is 1.85. The zero-order valence-corrected chi connectivity index (χ0v) is 22.2. The minimum absolute atomic E-state index is 0.0795.